The number of morpholine rings is 1. The first-order valence-corrected chi connectivity index (χ1v) is 8.54. The number of nitrogens with one attached hydrogen (secondary N) is 1. The van der Waals surface area contributed by atoms with E-state index in [0.717, 1.165) is 24.5 Å². The van der Waals surface area contributed by atoms with Crippen molar-refractivity contribution in [1.29, 1.82) is 0 Å². The molecule has 0 radical (unpaired) electrons. The third-order valence-corrected chi connectivity index (χ3v) is 4.07. The van der Waals surface area contributed by atoms with Crippen LogP contribution in [0.3, 0.4) is 0 Å². The summed E-state index contributed by atoms with van der Waals surface area (Å²) in [7, 11) is 0. The minimum Gasteiger partial charge on any atom is -0.477 e. The second-order valence-corrected chi connectivity index (χ2v) is 5.88. The van der Waals surface area contributed by atoms with Crippen molar-refractivity contribution in [3.63, 3.8) is 0 Å². The maximum absolute atomic E-state index is 12.1. The van der Waals surface area contributed by atoms with Gasteiger partial charge in [0.1, 0.15) is 5.82 Å². The van der Waals surface area contributed by atoms with Gasteiger partial charge in [0.05, 0.1) is 18.1 Å². The van der Waals surface area contributed by atoms with Gasteiger partial charge in [0, 0.05) is 37.5 Å². The Morgan fingerprint density at radius 1 is 1.26 bits per heavy atom. The van der Waals surface area contributed by atoms with Gasteiger partial charge in [0.15, 0.2) is 12.4 Å². The van der Waals surface area contributed by atoms with Gasteiger partial charge in [0.25, 0.3) is 5.91 Å². The average Bonchev–Trinajstić information content (AvgIpc) is 2.71. The molecule has 1 aliphatic heterocycles. The molecule has 9 heteroatoms. The Labute approximate surface area is 156 Å². The lowest BCUT2D eigenvalue weighted by molar-refractivity contribution is -0.385. The number of rotatable bonds is 7. The van der Waals surface area contributed by atoms with Gasteiger partial charge < -0.3 is 19.7 Å². The van der Waals surface area contributed by atoms with Crippen molar-refractivity contribution in [2.24, 2.45) is 0 Å². The number of amides is 1. The van der Waals surface area contributed by atoms with Crippen LogP contribution in [0.5, 0.6) is 5.75 Å². The number of hydrogen-bond acceptors (Lipinski definition) is 7. The van der Waals surface area contributed by atoms with Crippen LogP contribution in [0.4, 0.5) is 11.5 Å². The molecule has 27 heavy (non-hydrogen) atoms. The summed E-state index contributed by atoms with van der Waals surface area (Å²) < 4.78 is 10.7. The largest absolute Gasteiger partial charge is 0.477 e. The molecule has 0 bridgehead atoms. The highest BCUT2D eigenvalue weighted by atomic mass is 16.6. The molecule has 1 amide bonds. The fourth-order valence-electron chi connectivity index (χ4n) is 2.75. The molecule has 0 aliphatic carbocycles. The lowest BCUT2D eigenvalue weighted by Gasteiger charge is -2.29. The van der Waals surface area contributed by atoms with Gasteiger partial charge in [-0.2, -0.15) is 0 Å². The molecular weight excluding hydrogens is 352 g/mol. The van der Waals surface area contributed by atoms with E-state index in [-0.39, 0.29) is 24.0 Å². The number of carbonyl (C=O) groups excluding carboxylic acids is 1. The fourth-order valence-corrected chi connectivity index (χ4v) is 2.75. The van der Waals surface area contributed by atoms with Gasteiger partial charge in [0.2, 0.25) is 0 Å². The summed E-state index contributed by atoms with van der Waals surface area (Å²) >= 11 is 0. The number of para-hydroxylation sites is 2. The fraction of sp³-hybridized carbons (Fsp3) is 0.333. The molecule has 0 unspecified atom stereocenters. The number of anilines is 1. The minimum absolute atomic E-state index is 0.0630. The van der Waals surface area contributed by atoms with E-state index in [2.05, 4.69) is 15.2 Å². The number of benzene rings is 1. The molecule has 3 rings (SSSR count). The standard InChI is InChI=1S/C18H20N4O5/c23-17(13-27-16-6-2-1-5-15(16)22(24)25)20-12-14-4-3-7-19-18(14)21-8-10-26-11-9-21/h1-7H,8-13H2,(H,20,23). The number of ether oxygens (including phenoxy) is 2. The Morgan fingerprint density at radius 3 is 2.81 bits per heavy atom. The number of pyridine rings is 1. The van der Waals surface area contributed by atoms with Crippen molar-refractivity contribution in [1.82, 2.24) is 10.3 Å². The number of aromatic nitrogens is 1. The lowest BCUT2D eigenvalue weighted by Crippen LogP contribution is -2.38. The second-order valence-electron chi connectivity index (χ2n) is 5.88. The average molecular weight is 372 g/mol. The highest BCUT2D eigenvalue weighted by Crippen LogP contribution is 2.25. The van der Waals surface area contributed by atoms with Crippen LogP contribution in [0.15, 0.2) is 42.6 Å². The predicted molar refractivity (Wildman–Crippen MR) is 97.7 cm³/mol. The predicted octanol–water partition coefficient (Wildman–Crippen LogP) is 1.52. The van der Waals surface area contributed by atoms with E-state index in [1.807, 2.05) is 12.1 Å². The van der Waals surface area contributed by atoms with E-state index < -0.39 is 4.92 Å². The molecule has 0 atom stereocenters. The van der Waals surface area contributed by atoms with Crippen LogP contribution in [-0.2, 0) is 16.1 Å². The Balaban J connectivity index is 1.56. The van der Waals surface area contributed by atoms with E-state index in [4.69, 9.17) is 9.47 Å². The Bertz CT molecular complexity index is 808. The second kappa shape index (κ2) is 8.95. The van der Waals surface area contributed by atoms with Crippen LogP contribution in [0.1, 0.15) is 5.56 Å². The van der Waals surface area contributed by atoms with E-state index in [9.17, 15) is 14.9 Å². The summed E-state index contributed by atoms with van der Waals surface area (Å²) in [4.78, 5) is 29.1. The summed E-state index contributed by atoms with van der Waals surface area (Å²) in [6.07, 6.45) is 1.72. The highest BCUT2D eigenvalue weighted by Gasteiger charge is 2.17. The first-order valence-electron chi connectivity index (χ1n) is 8.54. The summed E-state index contributed by atoms with van der Waals surface area (Å²) in [6, 6.07) is 9.67. The van der Waals surface area contributed by atoms with Crippen molar-refractivity contribution >= 4 is 17.4 Å². The zero-order valence-corrected chi connectivity index (χ0v) is 14.7. The number of nitro groups is 1. The van der Waals surface area contributed by atoms with E-state index >= 15 is 0 Å². The first kappa shape index (κ1) is 18.6. The molecule has 0 saturated carbocycles. The van der Waals surface area contributed by atoms with Gasteiger partial charge in [-0.1, -0.05) is 18.2 Å². The van der Waals surface area contributed by atoms with Crippen molar-refractivity contribution in [3.8, 4) is 5.75 Å². The van der Waals surface area contributed by atoms with Crippen LogP contribution in [0.25, 0.3) is 0 Å². The maximum atomic E-state index is 12.1. The van der Waals surface area contributed by atoms with Gasteiger partial charge in [-0.25, -0.2) is 4.98 Å². The van der Waals surface area contributed by atoms with Crippen LogP contribution in [-0.4, -0.2) is 48.7 Å². The summed E-state index contributed by atoms with van der Waals surface area (Å²) in [5, 5.41) is 13.7. The monoisotopic (exact) mass is 372 g/mol. The lowest BCUT2D eigenvalue weighted by atomic mass is 10.2. The molecule has 1 fully saturated rings. The topological polar surface area (TPSA) is 107 Å². The van der Waals surface area contributed by atoms with Gasteiger partial charge >= 0.3 is 5.69 Å². The highest BCUT2D eigenvalue weighted by molar-refractivity contribution is 5.77. The van der Waals surface area contributed by atoms with Crippen LogP contribution in [0, 0.1) is 10.1 Å². The quantitative estimate of drug-likeness (QED) is 0.580. The molecule has 142 valence electrons. The van der Waals surface area contributed by atoms with Crippen LogP contribution in [0.2, 0.25) is 0 Å². The molecule has 2 heterocycles. The van der Waals surface area contributed by atoms with Crippen molar-refractivity contribution in [3.05, 3.63) is 58.3 Å². The molecule has 1 N–H and O–H groups in total. The van der Waals surface area contributed by atoms with Crippen molar-refractivity contribution < 1.29 is 19.2 Å². The third-order valence-electron chi connectivity index (χ3n) is 4.07. The van der Waals surface area contributed by atoms with Gasteiger partial charge in [-0.05, 0) is 12.1 Å². The summed E-state index contributed by atoms with van der Waals surface area (Å²) in [6.45, 7) is 2.77. The van der Waals surface area contributed by atoms with Gasteiger partial charge in [-0.3, -0.25) is 14.9 Å². The molecule has 2 aromatic rings. The van der Waals surface area contributed by atoms with E-state index in [1.54, 1.807) is 18.3 Å². The number of carbonyl (C=O) groups is 1. The SMILES string of the molecule is O=C(COc1ccccc1[N+](=O)[O-])NCc1cccnc1N1CCOCC1. The molecular formula is C18H20N4O5. The third kappa shape index (κ3) is 4.91. The summed E-state index contributed by atoms with van der Waals surface area (Å²) in [5.41, 5.74) is 0.714. The Kier molecular flexibility index (Phi) is 6.16. The molecule has 1 aromatic carbocycles. The smallest absolute Gasteiger partial charge is 0.310 e. The van der Waals surface area contributed by atoms with Crippen LogP contribution < -0.4 is 15.0 Å². The van der Waals surface area contributed by atoms with Crippen molar-refractivity contribution in [2.75, 3.05) is 37.8 Å². The first-order chi connectivity index (χ1) is 13.1. The normalized spacial score (nSPS) is 13.9. The van der Waals surface area contributed by atoms with E-state index in [1.165, 1.54) is 12.1 Å². The minimum atomic E-state index is -0.544. The van der Waals surface area contributed by atoms with Gasteiger partial charge in [-0.15, -0.1) is 0 Å². The molecule has 1 aliphatic rings. The number of nitro benzene ring substituents is 1. The number of hydrogen-bond donors (Lipinski definition) is 1. The van der Waals surface area contributed by atoms with E-state index in [0.29, 0.717) is 19.8 Å². The zero-order valence-electron chi connectivity index (χ0n) is 14.7. The maximum Gasteiger partial charge on any atom is 0.310 e. The van der Waals surface area contributed by atoms with Crippen LogP contribution >= 0.6 is 0 Å². The number of nitrogens with zero attached hydrogens (tertiary/aromatic N) is 3. The molecule has 1 aromatic heterocycles. The van der Waals surface area contributed by atoms with Crippen molar-refractivity contribution in [2.45, 2.75) is 6.54 Å². The molecule has 1 saturated heterocycles. The zero-order chi connectivity index (χ0) is 19.1. The molecule has 9 nitrogen and oxygen atoms in total. The Morgan fingerprint density at radius 2 is 2.04 bits per heavy atom. The Hall–Kier alpha value is -3.20. The molecule has 0 spiro atoms. The summed E-state index contributed by atoms with van der Waals surface area (Å²) in [5.74, 6) is 0.513.